The SMILES string of the molecule is NC(=O)OC(=O)NCC(OC(N)=O)c1cc2ccccc2s1. The van der Waals surface area contributed by atoms with Crippen molar-refractivity contribution in [1.82, 2.24) is 5.32 Å². The lowest BCUT2D eigenvalue weighted by molar-refractivity contribution is 0.104. The third-order valence-electron chi connectivity index (χ3n) is 2.65. The average Bonchev–Trinajstić information content (AvgIpc) is 2.86. The number of nitrogens with two attached hydrogens (primary N) is 2. The van der Waals surface area contributed by atoms with Crippen molar-refractivity contribution in [3.8, 4) is 0 Å². The Balaban J connectivity index is 2.13. The van der Waals surface area contributed by atoms with Crippen molar-refractivity contribution in [2.45, 2.75) is 6.10 Å². The van der Waals surface area contributed by atoms with E-state index in [0.29, 0.717) is 4.88 Å². The van der Waals surface area contributed by atoms with Gasteiger partial charge in [0.1, 0.15) is 0 Å². The number of ether oxygens (including phenoxy) is 2. The van der Waals surface area contributed by atoms with Crippen molar-refractivity contribution in [2.24, 2.45) is 11.5 Å². The second kappa shape index (κ2) is 6.76. The van der Waals surface area contributed by atoms with Crippen LogP contribution in [0.3, 0.4) is 0 Å². The van der Waals surface area contributed by atoms with Gasteiger partial charge in [-0.2, -0.15) is 0 Å². The van der Waals surface area contributed by atoms with Gasteiger partial charge >= 0.3 is 18.3 Å². The van der Waals surface area contributed by atoms with Gasteiger partial charge in [0, 0.05) is 9.58 Å². The second-order valence-electron chi connectivity index (χ2n) is 4.20. The molecule has 1 aromatic carbocycles. The topological polar surface area (TPSA) is 134 Å². The lowest BCUT2D eigenvalue weighted by atomic mass is 10.2. The summed E-state index contributed by atoms with van der Waals surface area (Å²) in [5.41, 5.74) is 9.75. The number of fused-ring (bicyclic) bond motifs is 1. The van der Waals surface area contributed by atoms with E-state index in [1.54, 1.807) is 0 Å². The number of benzene rings is 1. The van der Waals surface area contributed by atoms with Crippen LogP contribution >= 0.6 is 11.3 Å². The van der Waals surface area contributed by atoms with E-state index in [-0.39, 0.29) is 6.54 Å². The molecular weight excluding hydrogens is 310 g/mol. The first-order valence-electron chi connectivity index (χ1n) is 6.15. The van der Waals surface area contributed by atoms with Crippen molar-refractivity contribution in [3.63, 3.8) is 0 Å². The Bertz CT molecular complexity index is 682. The van der Waals surface area contributed by atoms with Gasteiger partial charge in [0.05, 0.1) is 6.54 Å². The standard InChI is InChI=1S/C13H13N3O5S/c14-11(17)20-8(6-16-13(19)21-12(15)18)10-5-7-3-1-2-4-9(7)22-10/h1-5,8H,6H2,(H2,14,17)(H2,15,18)(H,16,19). The van der Waals surface area contributed by atoms with Crippen molar-refractivity contribution in [2.75, 3.05) is 6.54 Å². The minimum atomic E-state index is -1.23. The van der Waals surface area contributed by atoms with Crippen molar-refractivity contribution >= 4 is 39.7 Å². The van der Waals surface area contributed by atoms with E-state index in [4.69, 9.17) is 16.2 Å². The molecule has 5 N–H and O–H groups in total. The maximum atomic E-state index is 11.2. The van der Waals surface area contributed by atoms with Gasteiger partial charge < -0.3 is 26.3 Å². The highest BCUT2D eigenvalue weighted by Crippen LogP contribution is 2.31. The number of hydrogen-bond donors (Lipinski definition) is 3. The van der Waals surface area contributed by atoms with Crippen LogP contribution in [0.5, 0.6) is 0 Å². The predicted molar refractivity (Wildman–Crippen MR) is 79.3 cm³/mol. The third-order valence-corrected chi connectivity index (χ3v) is 3.85. The summed E-state index contributed by atoms with van der Waals surface area (Å²) in [5, 5.41) is 3.25. The molecule has 1 unspecified atom stereocenters. The van der Waals surface area contributed by atoms with E-state index in [9.17, 15) is 14.4 Å². The molecular formula is C13H13N3O5S. The van der Waals surface area contributed by atoms with Crippen LogP contribution in [0.2, 0.25) is 0 Å². The maximum Gasteiger partial charge on any atom is 0.416 e. The van der Waals surface area contributed by atoms with Gasteiger partial charge in [-0.05, 0) is 17.5 Å². The Hall–Kier alpha value is -2.81. The normalized spacial score (nSPS) is 11.6. The molecule has 9 heteroatoms. The van der Waals surface area contributed by atoms with Crippen LogP contribution in [-0.2, 0) is 9.47 Å². The maximum absolute atomic E-state index is 11.2. The molecule has 0 saturated carbocycles. The first-order chi connectivity index (χ1) is 10.5. The number of rotatable bonds is 4. The van der Waals surface area contributed by atoms with Crippen molar-refractivity contribution < 1.29 is 23.9 Å². The summed E-state index contributed by atoms with van der Waals surface area (Å²) in [6.45, 7) is -0.109. The fourth-order valence-corrected chi connectivity index (χ4v) is 2.90. The number of nitrogens with one attached hydrogen (secondary N) is 1. The summed E-state index contributed by atoms with van der Waals surface area (Å²) in [5.74, 6) is 0. The Kier molecular flexibility index (Phi) is 4.79. The largest absolute Gasteiger partial charge is 0.439 e. The van der Waals surface area contributed by atoms with Crippen LogP contribution in [0.4, 0.5) is 14.4 Å². The highest BCUT2D eigenvalue weighted by Gasteiger charge is 2.20. The summed E-state index contributed by atoms with van der Waals surface area (Å²) < 4.78 is 10.1. The average molecular weight is 323 g/mol. The van der Waals surface area contributed by atoms with Crippen molar-refractivity contribution in [3.05, 3.63) is 35.2 Å². The molecule has 0 aliphatic heterocycles. The summed E-state index contributed by atoms with van der Waals surface area (Å²) in [7, 11) is 0. The van der Waals surface area contributed by atoms with Crippen LogP contribution in [0.15, 0.2) is 30.3 Å². The minimum Gasteiger partial charge on any atom is -0.439 e. The summed E-state index contributed by atoms with van der Waals surface area (Å²) in [6, 6.07) is 9.42. The first kappa shape index (κ1) is 15.6. The molecule has 1 atom stereocenters. The van der Waals surface area contributed by atoms with Gasteiger partial charge in [0.15, 0.2) is 6.10 Å². The quantitative estimate of drug-likeness (QED) is 0.738. The zero-order chi connectivity index (χ0) is 16.1. The Morgan fingerprint density at radius 2 is 1.91 bits per heavy atom. The molecule has 0 saturated heterocycles. The predicted octanol–water partition coefficient (Wildman–Crippen LogP) is 1.84. The molecule has 0 spiro atoms. The van der Waals surface area contributed by atoms with Crippen LogP contribution in [-0.4, -0.2) is 24.8 Å². The van der Waals surface area contributed by atoms with E-state index < -0.39 is 24.4 Å². The Morgan fingerprint density at radius 1 is 1.18 bits per heavy atom. The fourth-order valence-electron chi connectivity index (χ4n) is 1.81. The molecule has 0 aliphatic rings. The van der Waals surface area contributed by atoms with E-state index >= 15 is 0 Å². The lowest BCUT2D eigenvalue weighted by Gasteiger charge is -2.15. The molecule has 0 aliphatic carbocycles. The minimum absolute atomic E-state index is 0.109. The van der Waals surface area contributed by atoms with E-state index in [0.717, 1.165) is 10.1 Å². The van der Waals surface area contributed by atoms with Gasteiger partial charge in [0.2, 0.25) is 0 Å². The van der Waals surface area contributed by atoms with Crippen LogP contribution in [0, 0.1) is 0 Å². The molecule has 0 radical (unpaired) electrons. The monoisotopic (exact) mass is 323 g/mol. The van der Waals surface area contributed by atoms with E-state index in [2.05, 4.69) is 10.1 Å². The highest BCUT2D eigenvalue weighted by atomic mass is 32.1. The number of carbonyl (C=O) groups excluding carboxylic acids is 3. The summed E-state index contributed by atoms with van der Waals surface area (Å²) in [6.07, 6.45) is -4.04. The number of hydrogen-bond acceptors (Lipinski definition) is 6. The molecule has 2 aromatic rings. The van der Waals surface area contributed by atoms with Gasteiger partial charge in [-0.1, -0.05) is 18.2 Å². The molecule has 1 aromatic heterocycles. The molecule has 2 rings (SSSR count). The molecule has 3 amide bonds. The lowest BCUT2D eigenvalue weighted by Crippen LogP contribution is -2.34. The second-order valence-corrected chi connectivity index (χ2v) is 5.32. The summed E-state index contributed by atoms with van der Waals surface area (Å²) >= 11 is 1.40. The zero-order valence-electron chi connectivity index (χ0n) is 11.3. The summed E-state index contributed by atoms with van der Waals surface area (Å²) in [4.78, 5) is 33.4. The smallest absolute Gasteiger partial charge is 0.416 e. The number of alkyl carbamates (subject to hydrolysis) is 1. The van der Waals surface area contributed by atoms with E-state index in [1.807, 2.05) is 30.3 Å². The third kappa shape index (κ3) is 4.09. The molecule has 1 heterocycles. The highest BCUT2D eigenvalue weighted by molar-refractivity contribution is 7.19. The van der Waals surface area contributed by atoms with Gasteiger partial charge in [-0.15, -0.1) is 11.3 Å². The number of carbonyl (C=O) groups is 3. The molecule has 22 heavy (non-hydrogen) atoms. The van der Waals surface area contributed by atoms with Crippen molar-refractivity contribution in [1.29, 1.82) is 0 Å². The zero-order valence-corrected chi connectivity index (χ0v) is 12.1. The molecule has 8 nitrogen and oxygen atoms in total. The van der Waals surface area contributed by atoms with Crippen LogP contribution in [0.25, 0.3) is 10.1 Å². The number of amides is 3. The Morgan fingerprint density at radius 3 is 2.55 bits per heavy atom. The molecule has 0 bridgehead atoms. The van der Waals surface area contributed by atoms with Crippen LogP contribution in [0.1, 0.15) is 11.0 Å². The van der Waals surface area contributed by atoms with Crippen LogP contribution < -0.4 is 16.8 Å². The first-order valence-corrected chi connectivity index (χ1v) is 6.97. The molecule has 116 valence electrons. The van der Waals surface area contributed by atoms with Gasteiger partial charge in [-0.25, -0.2) is 14.4 Å². The molecule has 0 fully saturated rings. The number of thiophene rings is 1. The Labute approximate surface area is 129 Å². The van der Waals surface area contributed by atoms with Gasteiger partial charge in [-0.3, -0.25) is 0 Å². The number of primary amides is 2. The fraction of sp³-hybridized carbons (Fsp3) is 0.154. The van der Waals surface area contributed by atoms with E-state index in [1.165, 1.54) is 11.3 Å². The van der Waals surface area contributed by atoms with Gasteiger partial charge in [0.25, 0.3) is 0 Å².